The predicted molar refractivity (Wildman–Crippen MR) is 114 cm³/mol. The van der Waals surface area contributed by atoms with E-state index in [1.54, 1.807) is 17.7 Å². The molecule has 29 heavy (non-hydrogen) atoms. The molecule has 1 aliphatic heterocycles. The summed E-state index contributed by atoms with van der Waals surface area (Å²) in [7, 11) is 0. The number of benzene rings is 1. The Morgan fingerprint density at radius 3 is 3.03 bits per heavy atom. The lowest BCUT2D eigenvalue weighted by atomic mass is 9.97. The van der Waals surface area contributed by atoms with E-state index in [0.29, 0.717) is 6.54 Å². The number of nitrogens with one attached hydrogen (secondary N) is 1. The van der Waals surface area contributed by atoms with Crippen molar-refractivity contribution in [3.05, 3.63) is 40.5 Å². The number of thiophene rings is 1. The maximum Gasteiger partial charge on any atom is 0.233 e. The number of thioether (sulfide) groups is 1. The van der Waals surface area contributed by atoms with Gasteiger partial charge >= 0.3 is 0 Å². The zero-order chi connectivity index (χ0) is 19.8. The van der Waals surface area contributed by atoms with Crippen molar-refractivity contribution < 1.29 is 14.3 Å². The summed E-state index contributed by atoms with van der Waals surface area (Å²) >= 11 is 3.29. The molecule has 3 aromatic rings. The van der Waals surface area contributed by atoms with Gasteiger partial charge in [-0.2, -0.15) is 0 Å². The Balaban J connectivity index is 1.28. The predicted octanol–water partition coefficient (Wildman–Crippen LogP) is 4.10. The van der Waals surface area contributed by atoms with Crippen LogP contribution < -0.4 is 14.8 Å². The summed E-state index contributed by atoms with van der Waals surface area (Å²) in [5.74, 6) is 1.46. The molecule has 0 fully saturated rings. The molecule has 3 heterocycles. The van der Waals surface area contributed by atoms with Gasteiger partial charge in [-0.15, -0.1) is 11.3 Å². The summed E-state index contributed by atoms with van der Waals surface area (Å²) in [5, 5.41) is 4.85. The first-order valence-corrected chi connectivity index (χ1v) is 11.5. The van der Waals surface area contributed by atoms with Crippen molar-refractivity contribution in [1.82, 2.24) is 15.3 Å². The molecule has 1 aliphatic carbocycles. The molecule has 1 N–H and O–H groups in total. The lowest BCUT2D eigenvalue weighted by molar-refractivity contribution is -0.120. The molecular formula is C21H21N3O3S2. The molecule has 2 aliphatic rings. The Labute approximate surface area is 177 Å². The lowest BCUT2D eigenvalue weighted by Crippen LogP contribution is -2.30. The van der Waals surface area contributed by atoms with Crippen molar-refractivity contribution in [2.24, 2.45) is 0 Å². The van der Waals surface area contributed by atoms with Crippen LogP contribution in [0.25, 0.3) is 10.2 Å². The summed E-state index contributed by atoms with van der Waals surface area (Å²) in [6, 6.07) is 5.72. The second-order valence-corrected chi connectivity index (χ2v) is 9.65. The van der Waals surface area contributed by atoms with Gasteiger partial charge in [-0.25, -0.2) is 9.97 Å². The van der Waals surface area contributed by atoms with E-state index >= 15 is 0 Å². The summed E-state index contributed by atoms with van der Waals surface area (Å²) in [6.07, 6.45) is 6.29. The van der Waals surface area contributed by atoms with Crippen LogP contribution in [0, 0.1) is 0 Å². The molecule has 6 nitrogen and oxygen atoms in total. The fourth-order valence-electron chi connectivity index (χ4n) is 3.76. The summed E-state index contributed by atoms with van der Waals surface area (Å²) < 4.78 is 10.7. The van der Waals surface area contributed by atoms with Crippen LogP contribution in [0.2, 0.25) is 0 Å². The molecule has 0 saturated heterocycles. The first-order valence-electron chi connectivity index (χ1n) is 9.77. The van der Waals surface area contributed by atoms with Gasteiger partial charge in [0.15, 0.2) is 11.5 Å². The average molecular weight is 428 g/mol. The Morgan fingerprint density at radius 1 is 1.24 bits per heavy atom. The number of nitrogens with zero attached hydrogens (tertiary/aromatic N) is 2. The Kier molecular flexibility index (Phi) is 5.05. The van der Waals surface area contributed by atoms with Crippen molar-refractivity contribution in [1.29, 1.82) is 0 Å². The fourth-order valence-corrected chi connectivity index (χ4v) is 6.02. The van der Waals surface area contributed by atoms with E-state index in [1.165, 1.54) is 35.0 Å². The topological polar surface area (TPSA) is 73.3 Å². The molecule has 0 radical (unpaired) electrons. The van der Waals surface area contributed by atoms with Gasteiger partial charge in [-0.05, 0) is 55.9 Å². The number of hydrogen-bond acceptors (Lipinski definition) is 7. The van der Waals surface area contributed by atoms with Crippen LogP contribution in [0.3, 0.4) is 0 Å². The third-order valence-corrected chi connectivity index (χ3v) is 7.58. The number of hydrogen-bond donors (Lipinski definition) is 1. The molecule has 0 spiro atoms. The molecule has 8 heteroatoms. The SMILES string of the molecule is CC(Sc1ncnc2sc3c(c12)CCCC3)C(=O)NCc1ccc2c(c1)OCO2. The molecule has 1 unspecified atom stereocenters. The molecule has 0 saturated carbocycles. The van der Waals surface area contributed by atoms with Gasteiger partial charge < -0.3 is 14.8 Å². The molecule has 2 aromatic heterocycles. The molecule has 5 rings (SSSR count). The highest BCUT2D eigenvalue weighted by molar-refractivity contribution is 8.00. The molecule has 1 atom stereocenters. The zero-order valence-corrected chi connectivity index (χ0v) is 17.7. The van der Waals surface area contributed by atoms with E-state index in [9.17, 15) is 4.79 Å². The van der Waals surface area contributed by atoms with E-state index in [2.05, 4.69) is 15.3 Å². The van der Waals surface area contributed by atoms with Gasteiger partial charge in [0.2, 0.25) is 12.7 Å². The van der Waals surface area contributed by atoms with Crippen molar-refractivity contribution >= 4 is 39.2 Å². The van der Waals surface area contributed by atoms with Crippen molar-refractivity contribution in [2.75, 3.05) is 6.79 Å². The third kappa shape index (κ3) is 3.67. The Hall–Kier alpha value is -2.32. The highest BCUT2D eigenvalue weighted by Gasteiger charge is 2.23. The Bertz CT molecular complexity index is 1080. The number of ether oxygens (including phenoxy) is 2. The molecule has 0 bridgehead atoms. The number of amides is 1. The molecule has 1 aromatic carbocycles. The van der Waals surface area contributed by atoms with E-state index in [0.717, 1.165) is 45.1 Å². The molecular weight excluding hydrogens is 406 g/mol. The highest BCUT2D eigenvalue weighted by Crippen LogP contribution is 2.40. The number of rotatable bonds is 5. The van der Waals surface area contributed by atoms with Gasteiger partial charge in [0.05, 0.1) is 5.25 Å². The van der Waals surface area contributed by atoms with Crippen LogP contribution in [-0.4, -0.2) is 27.9 Å². The quantitative estimate of drug-likeness (QED) is 0.488. The van der Waals surface area contributed by atoms with Crippen molar-refractivity contribution in [3.63, 3.8) is 0 Å². The molecule has 150 valence electrons. The standard InChI is InChI=1S/C21H21N3O3S2/c1-12(19(25)22-9-13-6-7-15-16(8-13)27-11-26-15)28-20-18-14-4-2-3-5-17(14)29-21(18)24-10-23-20/h6-8,10,12H,2-5,9,11H2,1H3,(H,22,25). The third-order valence-electron chi connectivity index (χ3n) is 5.28. The van der Waals surface area contributed by atoms with Crippen molar-refractivity contribution in [2.45, 2.75) is 49.4 Å². The van der Waals surface area contributed by atoms with Crippen LogP contribution >= 0.6 is 23.1 Å². The summed E-state index contributed by atoms with van der Waals surface area (Å²) in [5.41, 5.74) is 2.38. The number of aryl methyl sites for hydroxylation is 2. The minimum absolute atomic E-state index is 0.0106. The maximum atomic E-state index is 12.7. The van der Waals surface area contributed by atoms with Crippen molar-refractivity contribution in [3.8, 4) is 11.5 Å². The van der Waals surface area contributed by atoms with Gasteiger partial charge in [-0.3, -0.25) is 4.79 Å². The van der Waals surface area contributed by atoms with Gasteiger partial charge in [0, 0.05) is 16.8 Å². The number of carbonyl (C=O) groups excluding carboxylic acids is 1. The number of aromatic nitrogens is 2. The summed E-state index contributed by atoms with van der Waals surface area (Å²) in [4.78, 5) is 24.2. The number of carbonyl (C=O) groups is 1. The van der Waals surface area contributed by atoms with Gasteiger partial charge in [0.25, 0.3) is 0 Å². The smallest absolute Gasteiger partial charge is 0.233 e. The van der Waals surface area contributed by atoms with Gasteiger partial charge in [0.1, 0.15) is 16.2 Å². The molecule has 1 amide bonds. The van der Waals surface area contributed by atoms with Crippen LogP contribution in [-0.2, 0) is 24.2 Å². The van der Waals surface area contributed by atoms with Crippen LogP contribution in [0.1, 0.15) is 35.8 Å². The largest absolute Gasteiger partial charge is 0.454 e. The van der Waals surface area contributed by atoms with E-state index in [-0.39, 0.29) is 18.0 Å². The highest BCUT2D eigenvalue weighted by atomic mass is 32.2. The normalized spacial score (nSPS) is 15.9. The minimum atomic E-state index is -0.249. The van der Waals surface area contributed by atoms with Crippen LogP contribution in [0.5, 0.6) is 11.5 Å². The Morgan fingerprint density at radius 2 is 2.10 bits per heavy atom. The maximum absolute atomic E-state index is 12.7. The zero-order valence-electron chi connectivity index (χ0n) is 16.1. The fraction of sp³-hybridized carbons (Fsp3) is 0.381. The monoisotopic (exact) mass is 427 g/mol. The van der Waals surface area contributed by atoms with E-state index in [1.807, 2.05) is 25.1 Å². The second-order valence-electron chi connectivity index (χ2n) is 7.24. The second kappa shape index (κ2) is 7.84. The van der Waals surface area contributed by atoms with Crippen LogP contribution in [0.4, 0.5) is 0 Å². The first-order chi connectivity index (χ1) is 14.2. The lowest BCUT2D eigenvalue weighted by Gasteiger charge is -2.14. The first kappa shape index (κ1) is 18.7. The van der Waals surface area contributed by atoms with Gasteiger partial charge in [-0.1, -0.05) is 17.8 Å². The summed E-state index contributed by atoms with van der Waals surface area (Å²) in [6.45, 7) is 2.62. The van der Waals surface area contributed by atoms with Crippen LogP contribution in [0.15, 0.2) is 29.6 Å². The minimum Gasteiger partial charge on any atom is -0.454 e. The van der Waals surface area contributed by atoms with E-state index < -0.39 is 0 Å². The number of fused-ring (bicyclic) bond motifs is 4. The van der Waals surface area contributed by atoms with E-state index in [4.69, 9.17) is 9.47 Å². The average Bonchev–Trinajstić information content (AvgIpc) is 3.36.